The molecule has 162 valence electrons. The van der Waals surface area contributed by atoms with Crippen LogP contribution < -0.4 is 5.32 Å². The lowest BCUT2D eigenvalue weighted by atomic mass is 9.80. The van der Waals surface area contributed by atoms with Crippen molar-refractivity contribution in [3.63, 3.8) is 0 Å². The Morgan fingerprint density at radius 3 is 2.37 bits per heavy atom. The summed E-state index contributed by atoms with van der Waals surface area (Å²) in [6.45, 7) is 20.8. The zero-order valence-corrected chi connectivity index (χ0v) is 20.2. The van der Waals surface area contributed by atoms with Gasteiger partial charge in [0.2, 0.25) is 0 Å². The Labute approximate surface area is 184 Å². The van der Waals surface area contributed by atoms with Crippen molar-refractivity contribution in [3.05, 3.63) is 68.8 Å². The average Bonchev–Trinajstić information content (AvgIpc) is 2.66. The lowest BCUT2D eigenvalue weighted by Gasteiger charge is -2.37. The lowest BCUT2D eigenvalue weighted by Crippen LogP contribution is -2.43. The maximum atomic E-state index is 3.69. The molecule has 0 bridgehead atoms. The molecule has 2 nitrogen and oxygen atoms in total. The molecule has 2 aliphatic heterocycles. The van der Waals surface area contributed by atoms with Crippen LogP contribution in [0.25, 0.3) is 0 Å². The molecular formula is C28H40N2. The Morgan fingerprint density at radius 2 is 1.63 bits per heavy atom. The molecule has 4 rings (SSSR count). The van der Waals surface area contributed by atoms with Crippen LogP contribution in [0.3, 0.4) is 0 Å². The minimum atomic E-state index is 0.0853. The molecule has 1 atom stereocenters. The van der Waals surface area contributed by atoms with Crippen molar-refractivity contribution < 1.29 is 0 Å². The van der Waals surface area contributed by atoms with Gasteiger partial charge < -0.3 is 5.32 Å². The smallest absolute Gasteiger partial charge is 0.0382 e. The van der Waals surface area contributed by atoms with Gasteiger partial charge in [-0.15, -0.1) is 0 Å². The molecule has 0 spiro atoms. The predicted molar refractivity (Wildman–Crippen MR) is 129 cm³/mol. The van der Waals surface area contributed by atoms with Crippen molar-refractivity contribution in [2.45, 2.75) is 85.2 Å². The van der Waals surface area contributed by atoms with E-state index in [9.17, 15) is 0 Å². The number of fused-ring (bicyclic) bond motifs is 2. The van der Waals surface area contributed by atoms with Crippen molar-refractivity contribution in [3.8, 4) is 0 Å². The standard InChI is InChI=1S/C28H40N2/c1-18(2)23-12-19(3)26-9-11-30(17-25(26)15-23)16-21(5)24-13-20(4)27-22(14-24)8-10-29-28(27,6)7/h12-15,18,21,29H,8-11,16-17H2,1-7H3. The third-order valence-corrected chi connectivity index (χ3v) is 7.45. The molecule has 0 fully saturated rings. The van der Waals surface area contributed by atoms with Crippen LogP contribution in [0.1, 0.15) is 91.0 Å². The minimum Gasteiger partial charge on any atom is -0.307 e. The highest BCUT2D eigenvalue weighted by Crippen LogP contribution is 2.34. The molecule has 0 aliphatic carbocycles. The van der Waals surface area contributed by atoms with Gasteiger partial charge in [-0.2, -0.15) is 0 Å². The van der Waals surface area contributed by atoms with Crippen molar-refractivity contribution in [2.75, 3.05) is 19.6 Å². The Morgan fingerprint density at radius 1 is 0.933 bits per heavy atom. The Kier molecular flexibility index (Phi) is 5.85. The van der Waals surface area contributed by atoms with Crippen LogP contribution in [0.4, 0.5) is 0 Å². The van der Waals surface area contributed by atoms with Gasteiger partial charge in [0.25, 0.3) is 0 Å². The van der Waals surface area contributed by atoms with E-state index in [2.05, 4.69) is 82.9 Å². The number of benzene rings is 2. The predicted octanol–water partition coefficient (Wildman–Crippen LogP) is 5.97. The summed E-state index contributed by atoms with van der Waals surface area (Å²) in [6.07, 6.45) is 2.34. The second-order valence-electron chi connectivity index (χ2n) is 10.7. The molecule has 2 aromatic rings. The first kappa shape index (κ1) is 21.6. The van der Waals surface area contributed by atoms with Gasteiger partial charge in [0, 0.05) is 25.2 Å². The summed E-state index contributed by atoms with van der Waals surface area (Å²) in [5.74, 6) is 1.16. The fraction of sp³-hybridized carbons (Fsp3) is 0.571. The molecule has 2 aliphatic rings. The first-order valence-corrected chi connectivity index (χ1v) is 11.9. The number of hydrogen-bond donors (Lipinski definition) is 1. The number of nitrogens with one attached hydrogen (secondary N) is 1. The monoisotopic (exact) mass is 404 g/mol. The number of hydrogen-bond acceptors (Lipinski definition) is 2. The van der Waals surface area contributed by atoms with Crippen molar-refractivity contribution in [1.29, 1.82) is 0 Å². The first-order valence-electron chi connectivity index (χ1n) is 11.9. The molecule has 1 unspecified atom stereocenters. The molecule has 2 aromatic carbocycles. The van der Waals surface area contributed by atoms with Crippen LogP contribution in [0, 0.1) is 13.8 Å². The molecule has 2 heterocycles. The van der Waals surface area contributed by atoms with Gasteiger partial charge in [0.15, 0.2) is 0 Å². The number of rotatable bonds is 4. The van der Waals surface area contributed by atoms with Gasteiger partial charge in [-0.1, -0.05) is 45.0 Å². The van der Waals surface area contributed by atoms with Crippen LogP contribution in [0.5, 0.6) is 0 Å². The van der Waals surface area contributed by atoms with E-state index in [1.807, 2.05) is 0 Å². The fourth-order valence-electron chi connectivity index (χ4n) is 5.86. The third kappa shape index (κ3) is 4.09. The van der Waals surface area contributed by atoms with Gasteiger partial charge in [-0.25, -0.2) is 0 Å². The van der Waals surface area contributed by atoms with Crippen LogP contribution in [-0.2, 0) is 24.9 Å². The highest BCUT2D eigenvalue weighted by Gasteiger charge is 2.29. The molecule has 0 saturated carbocycles. The summed E-state index contributed by atoms with van der Waals surface area (Å²) < 4.78 is 0. The Hall–Kier alpha value is -1.64. The highest BCUT2D eigenvalue weighted by atomic mass is 15.1. The number of nitrogens with zero attached hydrogens (tertiary/aromatic N) is 1. The lowest BCUT2D eigenvalue weighted by molar-refractivity contribution is 0.241. The molecular weight excluding hydrogens is 364 g/mol. The molecule has 0 radical (unpaired) electrons. The van der Waals surface area contributed by atoms with Crippen LogP contribution in [0.2, 0.25) is 0 Å². The summed E-state index contributed by atoms with van der Waals surface area (Å²) >= 11 is 0. The number of aryl methyl sites for hydroxylation is 2. The summed E-state index contributed by atoms with van der Waals surface area (Å²) in [4.78, 5) is 2.68. The topological polar surface area (TPSA) is 15.3 Å². The summed E-state index contributed by atoms with van der Waals surface area (Å²) in [6, 6.07) is 9.85. The van der Waals surface area contributed by atoms with E-state index in [4.69, 9.17) is 0 Å². The maximum Gasteiger partial charge on any atom is 0.0382 e. The van der Waals surface area contributed by atoms with Gasteiger partial charge >= 0.3 is 0 Å². The van der Waals surface area contributed by atoms with Crippen LogP contribution in [0.15, 0.2) is 24.3 Å². The molecule has 0 aromatic heterocycles. The van der Waals surface area contributed by atoms with Crippen molar-refractivity contribution >= 4 is 0 Å². The molecule has 0 saturated heterocycles. The van der Waals surface area contributed by atoms with E-state index >= 15 is 0 Å². The fourth-order valence-corrected chi connectivity index (χ4v) is 5.86. The normalized spacial score (nSPS) is 19.5. The van der Waals surface area contributed by atoms with Gasteiger partial charge in [0.05, 0.1) is 0 Å². The zero-order valence-electron chi connectivity index (χ0n) is 20.2. The summed E-state index contributed by atoms with van der Waals surface area (Å²) in [5.41, 5.74) is 12.3. The second-order valence-corrected chi connectivity index (χ2v) is 10.7. The van der Waals surface area contributed by atoms with Crippen molar-refractivity contribution in [2.24, 2.45) is 0 Å². The molecule has 30 heavy (non-hydrogen) atoms. The Balaban J connectivity index is 1.53. The first-order chi connectivity index (χ1) is 14.2. The third-order valence-electron chi connectivity index (χ3n) is 7.45. The average molecular weight is 405 g/mol. The van der Waals surface area contributed by atoms with E-state index in [1.165, 1.54) is 40.8 Å². The van der Waals surface area contributed by atoms with E-state index in [0.29, 0.717) is 11.8 Å². The van der Waals surface area contributed by atoms with Gasteiger partial charge in [0.1, 0.15) is 0 Å². The Bertz CT molecular complexity index is 938. The van der Waals surface area contributed by atoms with Gasteiger partial charge in [-0.3, -0.25) is 4.90 Å². The summed E-state index contributed by atoms with van der Waals surface area (Å²) in [7, 11) is 0. The minimum absolute atomic E-state index is 0.0853. The zero-order chi connectivity index (χ0) is 21.6. The largest absolute Gasteiger partial charge is 0.307 e. The molecule has 0 amide bonds. The molecule has 1 N–H and O–H groups in total. The van der Waals surface area contributed by atoms with E-state index < -0.39 is 0 Å². The highest BCUT2D eigenvalue weighted by molar-refractivity contribution is 5.45. The SMILES string of the molecule is Cc1cc(C(C)C)cc2c1CCN(CC(C)c1cc(C)c3c(c1)CCNC3(C)C)C2. The van der Waals surface area contributed by atoms with Crippen LogP contribution in [-0.4, -0.2) is 24.5 Å². The van der Waals surface area contributed by atoms with Gasteiger partial charge in [-0.05, 0) is 103 Å². The van der Waals surface area contributed by atoms with E-state index in [1.54, 1.807) is 16.7 Å². The molecule has 2 heteroatoms. The van der Waals surface area contributed by atoms with Crippen LogP contribution >= 0.6 is 0 Å². The maximum absolute atomic E-state index is 3.69. The summed E-state index contributed by atoms with van der Waals surface area (Å²) in [5, 5.41) is 3.69. The van der Waals surface area contributed by atoms with E-state index in [0.717, 1.165) is 26.1 Å². The van der Waals surface area contributed by atoms with Crippen molar-refractivity contribution in [1.82, 2.24) is 10.2 Å². The quantitative estimate of drug-likeness (QED) is 0.675. The van der Waals surface area contributed by atoms with E-state index in [-0.39, 0.29) is 5.54 Å². The second kappa shape index (κ2) is 8.13.